The topological polar surface area (TPSA) is 67.9 Å². The number of carbonyl (C=O) groups is 2. The predicted molar refractivity (Wildman–Crippen MR) is 61.1 cm³/mol. The van der Waals surface area contributed by atoms with Crippen LogP contribution in [0.4, 0.5) is 4.79 Å². The van der Waals surface area contributed by atoms with Gasteiger partial charge in [0.15, 0.2) is 0 Å². The Hall–Kier alpha value is -1.30. The standard InChI is InChI=1S/C11H20N2O4/c1-5-16-9(14)8-6-7-13(12-8)10(15)17-11(2,3)4/h8,12H,5-7H2,1-4H3. The van der Waals surface area contributed by atoms with Crippen molar-refractivity contribution in [1.29, 1.82) is 0 Å². The zero-order valence-electron chi connectivity index (χ0n) is 10.8. The van der Waals surface area contributed by atoms with Crippen LogP contribution in [-0.2, 0) is 14.3 Å². The molecule has 0 aromatic rings. The number of hydrogen-bond donors (Lipinski definition) is 1. The molecule has 0 bridgehead atoms. The highest BCUT2D eigenvalue weighted by atomic mass is 16.6. The Bertz CT molecular complexity index is 298. The second-order valence-electron chi connectivity index (χ2n) is 4.85. The first-order valence-corrected chi connectivity index (χ1v) is 5.77. The van der Waals surface area contributed by atoms with E-state index in [-0.39, 0.29) is 5.97 Å². The predicted octanol–water partition coefficient (Wildman–Crippen LogP) is 1.06. The van der Waals surface area contributed by atoms with E-state index >= 15 is 0 Å². The Morgan fingerprint density at radius 3 is 2.59 bits per heavy atom. The molecule has 1 unspecified atom stereocenters. The second-order valence-corrected chi connectivity index (χ2v) is 4.85. The first-order chi connectivity index (χ1) is 7.83. The van der Waals surface area contributed by atoms with Gasteiger partial charge in [0.05, 0.1) is 6.61 Å². The molecule has 0 aromatic heterocycles. The molecule has 1 aliphatic rings. The Morgan fingerprint density at radius 2 is 2.06 bits per heavy atom. The minimum Gasteiger partial charge on any atom is -0.465 e. The molecule has 1 rings (SSSR count). The van der Waals surface area contributed by atoms with E-state index < -0.39 is 17.7 Å². The summed E-state index contributed by atoms with van der Waals surface area (Å²) >= 11 is 0. The van der Waals surface area contributed by atoms with Gasteiger partial charge in [0.1, 0.15) is 11.6 Å². The van der Waals surface area contributed by atoms with Crippen LogP contribution in [0.5, 0.6) is 0 Å². The third kappa shape index (κ3) is 4.22. The lowest BCUT2D eigenvalue weighted by Crippen LogP contribution is -2.45. The third-order valence-electron chi connectivity index (χ3n) is 2.14. The first kappa shape index (κ1) is 13.8. The molecule has 1 fully saturated rings. The van der Waals surface area contributed by atoms with Gasteiger partial charge in [-0.25, -0.2) is 15.2 Å². The minimum atomic E-state index is -0.541. The molecule has 1 aliphatic heterocycles. The molecule has 1 saturated heterocycles. The molecule has 1 atom stereocenters. The van der Waals surface area contributed by atoms with Crippen LogP contribution >= 0.6 is 0 Å². The van der Waals surface area contributed by atoms with E-state index in [1.54, 1.807) is 27.7 Å². The molecule has 1 amide bonds. The van der Waals surface area contributed by atoms with E-state index in [0.717, 1.165) is 0 Å². The lowest BCUT2D eigenvalue weighted by Gasteiger charge is -2.24. The number of rotatable bonds is 2. The lowest BCUT2D eigenvalue weighted by atomic mass is 10.2. The quantitative estimate of drug-likeness (QED) is 0.736. The number of hydrogen-bond acceptors (Lipinski definition) is 5. The molecule has 0 radical (unpaired) electrons. The van der Waals surface area contributed by atoms with Crippen molar-refractivity contribution in [2.75, 3.05) is 13.2 Å². The zero-order chi connectivity index (χ0) is 13.1. The van der Waals surface area contributed by atoms with Crippen molar-refractivity contribution in [2.24, 2.45) is 0 Å². The van der Waals surface area contributed by atoms with Gasteiger partial charge in [-0.05, 0) is 34.1 Å². The van der Waals surface area contributed by atoms with Crippen LogP contribution in [0.15, 0.2) is 0 Å². The van der Waals surface area contributed by atoms with Crippen LogP contribution in [0.1, 0.15) is 34.1 Å². The number of amides is 1. The third-order valence-corrected chi connectivity index (χ3v) is 2.14. The van der Waals surface area contributed by atoms with Gasteiger partial charge in [-0.15, -0.1) is 0 Å². The molecular weight excluding hydrogens is 224 g/mol. The molecule has 6 nitrogen and oxygen atoms in total. The van der Waals surface area contributed by atoms with Crippen LogP contribution in [0.25, 0.3) is 0 Å². The van der Waals surface area contributed by atoms with Gasteiger partial charge in [-0.3, -0.25) is 4.79 Å². The summed E-state index contributed by atoms with van der Waals surface area (Å²) in [4.78, 5) is 23.1. The summed E-state index contributed by atoms with van der Waals surface area (Å²) in [5.74, 6) is -0.335. The zero-order valence-corrected chi connectivity index (χ0v) is 10.8. The molecule has 0 aliphatic carbocycles. The van der Waals surface area contributed by atoms with Crippen molar-refractivity contribution < 1.29 is 19.1 Å². The number of carbonyl (C=O) groups excluding carboxylic acids is 2. The highest BCUT2D eigenvalue weighted by Crippen LogP contribution is 2.13. The van der Waals surface area contributed by atoms with Crippen molar-refractivity contribution in [3.63, 3.8) is 0 Å². The van der Waals surface area contributed by atoms with E-state index in [0.29, 0.717) is 19.6 Å². The number of hydrazine groups is 1. The van der Waals surface area contributed by atoms with Crippen LogP contribution in [0.3, 0.4) is 0 Å². The fourth-order valence-electron chi connectivity index (χ4n) is 1.45. The van der Waals surface area contributed by atoms with Crippen molar-refractivity contribution in [1.82, 2.24) is 10.4 Å². The largest absolute Gasteiger partial charge is 0.465 e. The molecule has 6 heteroatoms. The maximum atomic E-state index is 11.7. The lowest BCUT2D eigenvalue weighted by molar-refractivity contribution is -0.145. The Balaban J connectivity index is 2.45. The monoisotopic (exact) mass is 244 g/mol. The molecular formula is C11H20N2O4. The van der Waals surface area contributed by atoms with Gasteiger partial charge in [0, 0.05) is 6.54 Å². The average molecular weight is 244 g/mol. The summed E-state index contributed by atoms with van der Waals surface area (Å²) in [5.41, 5.74) is 2.24. The van der Waals surface area contributed by atoms with Crippen molar-refractivity contribution in [3.05, 3.63) is 0 Å². The molecule has 0 saturated carbocycles. The van der Waals surface area contributed by atoms with E-state index in [1.807, 2.05) is 0 Å². The smallest absolute Gasteiger partial charge is 0.424 e. The summed E-state index contributed by atoms with van der Waals surface area (Å²) < 4.78 is 10.1. The Morgan fingerprint density at radius 1 is 1.41 bits per heavy atom. The Kier molecular flexibility index (Phi) is 4.34. The normalized spacial score (nSPS) is 20.2. The highest BCUT2D eigenvalue weighted by Gasteiger charge is 2.33. The molecule has 98 valence electrons. The van der Waals surface area contributed by atoms with E-state index in [9.17, 15) is 9.59 Å². The van der Waals surface area contributed by atoms with Crippen molar-refractivity contribution in [2.45, 2.75) is 45.8 Å². The van der Waals surface area contributed by atoms with Crippen LogP contribution in [-0.4, -0.2) is 41.9 Å². The summed E-state index contributed by atoms with van der Waals surface area (Å²) in [6, 6.07) is -0.456. The molecule has 1 heterocycles. The highest BCUT2D eigenvalue weighted by molar-refractivity contribution is 5.77. The summed E-state index contributed by atoms with van der Waals surface area (Å²) in [7, 11) is 0. The second kappa shape index (κ2) is 5.35. The number of nitrogens with one attached hydrogen (secondary N) is 1. The summed E-state index contributed by atoms with van der Waals surface area (Å²) in [5, 5.41) is 1.31. The SMILES string of the molecule is CCOC(=O)C1CCN(C(=O)OC(C)(C)C)N1. The molecule has 0 spiro atoms. The number of esters is 1. The molecule has 0 aromatic carbocycles. The van der Waals surface area contributed by atoms with Gasteiger partial charge in [-0.1, -0.05) is 0 Å². The number of ether oxygens (including phenoxy) is 2. The maximum absolute atomic E-state index is 11.7. The first-order valence-electron chi connectivity index (χ1n) is 5.77. The van der Waals surface area contributed by atoms with Gasteiger partial charge >= 0.3 is 12.1 Å². The fourth-order valence-corrected chi connectivity index (χ4v) is 1.45. The Labute approximate surface area is 101 Å². The van der Waals surface area contributed by atoms with Gasteiger partial charge in [0.2, 0.25) is 0 Å². The minimum absolute atomic E-state index is 0.335. The van der Waals surface area contributed by atoms with E-state index in [1.165, 1.54) is 5.01 Å². The van der Waals surface area contributed by atoms with E-state index in [2.05, 4.69) is 5.43 Å². The van der Waals surface area contributed by atoms with Crippen molar-refractivity contribution in [3.8, 4) is 0 Å². The summed E-state index contributed by atoms with van der Waals surface area (Å²) in [6.45, 7) is 7.91. The number of nitrogens with zero attached hydrogens (tertiary/aromatic N) is 1. The maximum Gasteiger partial charge on any atom is 0.424 e. The van der Waals surface area contributed by atoms with Crippen molar-refractivity contribution >= 4 is 12.1 Å². The summed E-state index contributed by atoms with van der Waals surface area (Å²) in [6.07, 6.45) is 0.0715. The fraction of sp³-hybridized carbons (Fsp3) is 0.818. The van der Waals surface area contributed by atoms with Gasteiger partial charge in [0.25, 0.3) is 0 Å². The molecule has 1 N–H and O–H groups in total. The van der Waals surface area contributed by atoms with Crippen LogP contribution < -0.4 is 5.43 Å². The van der Waals surface area contributed by atoms with Gasteiger partial charge in [-0.2, -0.15) is 0 Å². The van der Waals surface area contributed by atoms with Gasteiger partial charge < -0.3 is 9.47 Å². The molecule has 17 heavy (non-hydrogen) atoms. The van der Waals surface area contributed by atoms with Crippen LogP contribution in [0, 0.1) is 0 Å². The van der Waals surface area contributed by atoms with Crippen LogP contribution in [0.2, 0.25) is 0 Å². The van der Waals surface area contributed by atoms with E-state index in [4.69, 9.17) is 9.47 Å². The average Bonchev–Trinajstić information content (AvgIpc) is 2.63.